The van der Waals surface area contributed by atoms with Crippen LogP contribution in [0.4, 0.5) is 13.2 Å². The van der Waals surface area contributed by atoms with Gasteiger partial charge in [0.15, 0.2) is 0 Å². The number of halogens is 3. The zero-order valence-corrected chi connectivity index (χ0v) is 9.68. The van der Waals surface area contributed by atoms with E-state index in [0.717, 1.165) is 4.90 Å². The van der Waals surface area contributed by atoms with Crippen molar-refractivity contribution in [1.29, 1.82) is 0 Å². The Kier molecular flexibility index (Phi) is 4.65. The first-order chi connectivity index (χ1) is 8.31. The Morgan fingerprint density at radius 2 is 2.22 bits per heavy atom. The van der Waals surface area contributed by atoms with Crippen molar-refractivity contribution in [2.75, 3.05) is 13.1 Å². The van der Waals surface area contributed by atoms with Crippen molar-refractivity contribution in [2.24, 2.45) is 0 Å². The highest BCUT2D eigenvalue weighted by molar-refractivity contribution is 5.69. The highest BCUT2D eigenvalue weighted by Crippen LogP contribution is 2.17. The lowest BCUT2D eigenvalue weighted by Gasteiger charge is -2.21. The number of carboxylic acid groups (broad SMARTS) is 1. The van der Waals surface area contributed by atoms with Crippen molar-refractivity contribution in [2.45, 2.75) is 26.2 Å². The summed E-state index contributed by atoms with van der Waals surface area (Å²) in [4.78, 5) is 15.1. The molecule has 0 aromatic carbocycles. The molecule has 0 fully saturated rings. The second-order valence-corrected chi connectivity index (χ2v) is 3.65. The Labute approximate surface area is 101 Å². The van der Waals surface area contributed by atoms with Crippen LogP contribution in [0.5, 0.6) is 0 Å². The second-order valence-electron chi connectivity index (χ2n) is 3.65. The van der Waals surface area contributed by atoms with Crippen LogP contribution in [0, 0.1) is 0 Å². The molecule has 18 heavy (non-hydrogen) atoms. The number of carbonyl (C=O) groups is 1. The van der Waals surface area contributed by atoms with Crippen LogP contribution in [-0.4, -0.2) is 50.0 Å². The summed E-state index contributed by atoms with van der Waals surface area (Å²) in [5, 5.41) is 12.4. The minimum absolute atomic E-state index is 0.209. The lowest BCUT2D eigenvalue weighted by atomic mass is 10.4. The third-order valence-corrected chi connectivity index (χ3v) is 2.12. The van der Waals surface area contributed by atoms with Crippen LogP contribution >= 0.6 is 0 Å². The van der Waals surface area contributed by atoms with E-state index in [9.17, 15) is 18.0 Å². The minimum atomic E-state index is -4.45. The molecule has 0 aliphatic rings. The van der Waals surface area contributed by atoms with Crippen LogP contribution in [0.25, 0.3) is 0 Å². The van der Waals surface area contributed by atoms with Crippen LogP contribution < -0.4 is 0 Å². The molecule has 6 nitrogen and oxygen atoms in total. The van der Waals surface area contributed by atoms with Crippen LogP contribution in [0.2, 0.25) is 0 Å². The third-order valence-electron chi connectivity index (χ3n) is 2.12. The molecule has 1 aromatic heterocycles. The largest absolute Gasteiger partial charge is 0.480 e. The first-order valence-electron chi connectivity index (χ1n) is 5.19. The second kappa shape index (κ2) is 5.80. The molecule has 1 N–H and O–H groups in total. The number of hydrogen-bond donors (Lipinski definition) is 1. The Bertz CT molecular complexity index is 405. The van der Waals surface area contributed by atoms with Gasteiger partial charge in [0.2, 0.25) is 0 Å². The van der Waals surface area contributed by atoms with E-state index in [2.05, 4.69) is 10.1 Å². The number of aliphatic carboxylic acids is 1. The molecule has 0 aliphatic heterocycles. The summed E-state index contributed by atoms with van der Waals surface area (Å²) in [6.07, 6.45) is -3.22. The first-order valence-corrected chi connectivity index (χ1v) is 5.19. The molecule has 0 radical (unpaired) electrons. The SMILES string of the molecule is CCn1ncnc1CN(CC(=O)O)CC(F)(F)F. The van der Waals surface area contributed by atoms with Gasteiger partial charge in [0, 0.05) is 6.54 Å². The third kappa shape index (κ3) is 4.70. The lowest BCUT2D eigenvalue weighted by Crippen LogP contribution is -2.38. The summed E-state index contributed by atoms with van der Waals surface area (Å²) < 4.78 is 38.3. The maximum Gasteiger partial charge on any atom is 0.401 e. The van der Waals surface area contributed by atoms with Gasteiger partial charge in [-0.2, -0.15) is 18.3 Å². The average molecular weight is 266 g/mol. The van der Waals surface area contributed by atoms with Crippen molar-refractivity contribution in [3.8, 4) is 0 Å². The number of nitrogens with zero attached hydrogens (tertiary/aromatic N) is 4. The standard InChI is InChI=1S/C9H13F3N4O2/c1-2-16-7(13-6-14-16)3-15(4-8(17)18)5-9(10,11)12/h6H,2-5H2,1H3,(H,17,18). The molecule has 0 saturated carbocycles. The fraction of sp³-hybridized carbons (Fsp3) is 0.667. The fourth-order valence-corrected chi connectivity index (χ4v) is 1.49. The maximum absolute atomic E-state index is 12.3. The van der Waals surface area contributed by atoms with E-state index in [1.54, 1.807) is 6.92 Å². The molecule has 0 amide bonds. The maximum atomic E-state index is 12.3. The van der Waals surface area contributed by atoms with Crippen molar-refractivity contribution in [1.82, 2.24) is 19.7 Å². The van der Waals surface area contributed by atoms with Crippen LogP contribution in [0.3, 0.4) is 0 Å². The van der Waals surface area contributed by atoms with Crippen LogP contribution in [0.15, 0.2) is 6.33 Å². The van der Waals surface area contributed by atoms with Gasteiger partial charge in [-0.3, -0.25) is 9.69 Å². The zero-order chi connectivity index (χ0) is 13.8. The summed E-state index contributed by atoms with van der Waals surface area (Å²) in [5.41, 5.74) is 0. The van der Waals surface area contributed by atoms with Gasteiger partial charge < -0.3 is 5.11 Å². The normalized spacial score (nSPS) is 12.1. The number of rotatable bonds is 6. The molecule has 0 aliphatic carbocycles. The van der Waals surface area contributed by atoms with E-state index < -0.39 is 25.2 Å². The molecule has 1 aromatic rings. The molecule has 0 spiro atoms. The Hall–Kier alpha value is -1.64. The topological polar surface area (TPSA) is 71.2 Å². The van der Waals surface area contributed by atoms with Crippen LogP contribution in [-0.2, 0) is 17.9 Å². The molecular weight excluding hydrogens is 253 g/mol. The van der Waals surface area contributed by atoms with E-state index >= 15 is 0 Å². The number of alkyl halides is 3. The lowest BCUT2D eigenvalue weighted by molar-refractivity contribution is -0.155. The van der Waals surface area contributed by atoms with Crippen molar-refractivity contribution in [3.63, 3.8) is 0 Å². The minimum Gasteiger partial charge on any atom is -0.480 e. The van der Waals surface area contributed by atoms with E-state index in [1.165, 1.54) is 11.0 Å². The van der Waals surface area contributed by atoms with Crippen LogP contribution in [0.1, 0.15) is 12.7 Å². The number of carboxylic acids is 1. The molecule has 1 rings (SSSR count). The van der Waals surface area contributed by atoms with E-state index in [0.29, 0.717) is 12.4 Å². The summed E-state index contributed by atoms with van der Waals surface area (Å²) in [6, 6.07) is 0. The Morgan fingerprint density at radius 3 is 2.72 bits per heavy atom. The molecule has 9 heteroatoms. The van der Waals surface area contributed by atoms with E-state index in [4.69, 9.17) is 5.11 Å². The summed E-state index contributed by atoms with van der Waals surface area (Å²) in [5.74, 6) is -1.01. The molecule has 1 heterocycles. The molecule has 0 atom stereocenters. The van der Waals surface area contributed by atoms with Gasteiger partial charge in [-0.05, 0) is 6.92 Å². The molecule has 102 valence electrons. The van der Waals surface area contributed by atoms with E-state index in [1.807, 2.05) is 0 Å². The number of hydrogen-bond acceptors (Lipinski definition) is 4. The summed E-state index contributed by atoms with van der Waals surface area (Å²) in [7, 11) is 0. The zero-order valence-electron chi connectivity index (χ0n) is 9.68. The van der Waals surface area contributed by atoms with Gasteiger partial charge in [0.05, 0.1) is 19.6 Å². The monoisotopic (exact) mass is 266 g/mol. The molecule has 0 saturated heterocycles. The van der Waals surface area contributed by atoms with E-state index in [-0.39, 0.29) is 6.54 Å². The quantitative estimate of drug-likeness (QED) is 0.822. The van der Waals surface area contributed by atoms with Crippen molar-refractivity contribution in [3.05, 3.63) is 12.2 Å². The van der Waals surface area contributed by atoms with Gasteiger partial charge in [-0.1, -0.05) is 0 Å². The fourth-order valence-electron chi connectivity index (χ4n) is 1.49. The van der Waals surface area contributed by atoms with Gasteiger partial charge in [-0.15, -0.1) is 0 Å². The Morgan fingerprint density at radius 1 is 1.56 bits per heavy atom. The predicted molar refractivity (Wildman–Crippen MR) is 54.7 cm³/mol. The molecular formula is C9H13F3N4O2. The smallest absolute Gasteiger partial charge is 0.401 e. The van der Waals surface area contributed by atoms with Crippen molar-refractivity contribution >= 4 is 5.97 Å². The van der Waals surface area contributed by atoms with Gasteiger partial charge in [0.25, 0.3) is 0 Å². The predicted octanol–water partition coefficient (Wildman–Crippen LogP) is 0.747. The van der Waals surface area contributed by atoms with Gasteiger partial charge in [0.1, 0.15) is 12.2 Å². The van der Waals surface area contributed by atoms with Crippen molar-refractivity contribution < 1.29 is 23.1 Å². The Balaban J connectivity index is 2.75. The average Bonchev–Trinajstić information content (AvgIpc) is 2.61. The number of aromatic nitrogens is 3. The summed E-state index contributed by atoms with van der Waals surface area (Å²) in [6.45, 7) is 0.0251. The van der Waals surface area contributed by atoms with Gasteiger partial charge >= 0.3 is 12.1 Å². The van der Waals surface area contributed by atoms with Gasteiger partial charge in [-0.25, -0.2) is 9.67 Å². The first kappa shape index (κ1) is 14.4. The number of aryl methyl sites for hydroxylation is 1. The highest BCUT2D eigenvalue weighted by Gasteiger charge is 2.32. The summed E-state index contributed by atoms with van der Waals surface area (Å²) >= 11 is 0. The highest BCUT2D eigenvalue weighted by atomic mass is 19.4. The molecule has 0 bridgehead atoms. The molecule has 0 unspecified atom stereocenters.